The molecule has 16 heavy (non-hydrogen) atoms. The fourth-order valence-electron chi connectivity index (χ4n) is 1.56. The van der Waals surface area contributed by atoms with E-state index in [1.165, 1.54) is 5.56 Å². The molecule has 2 N–H and O–H groups in total. The highest BCUT2D eigenvalue weighted by Crippen LogP contribution is 2.17. The average Bonchev–Trinajstić information content (AvgIpc) is 2.28. The van der Waals surface area contributed by atoms with E-state index in [2.05, 4.69) is 18.8 Å². The van der Waals surface area contributed by atoms with Gasteiger partial charge in [0.15, 0.2) is 0 Å². The van der Waals surface area contributed by atoms with Crippen molar-refractivity contribution in [3.63, 3.8) is 0 Å². The van der Waals surface area contributed by atoms with Crippen molar-refractivity contribution >= 4 is 0 Å². The molecule has 0 saturated carbocycles. The lowest BCUT2D eigenvalue weighted by atomic mass is 9.96. The molecule has 1 aromatic rings. The van der Waals surface area contributed by atoms with Gasteiger partial charge in [-0.15, -0.1) is 0 Å². The summed E-state index contributed by atoms with van der Waals surface area (Å²) in [5.74, 6) is 0. The van der Waals surface area contributed by atoms with Crippen molar-refractivity contribution in [3.05, 3.63) is 30.1 Å². The van der Waals surface area contributed by atoms with Crippen LogP contribution in [-0.2, 0) is 11.2 Å². The first-order valence-electron chi connectivity index (χ1n) is 5.73. The number of ether oxygens (including phenoxy) is 1. The predicted octanol–water partition coefficient (Wildman–Crippen LogP) is 2.16. The van der Waals surface area contributed by atoms with E-state index in [0.717, 1.165) is 19.3 Å². The van der Waals surface area contributed by atoms with Gasteiger partial charge in [-0.05, 0) is 50.8 Å². The van der Waals surface area contributed by atoms with Gasteiger partial charge in [-0.2, -0.15) is 0 Å². The maximum atomic E-state index is 6.09. The summed E-state index contributed by atoms with van der Waals surface area (Å²) in [5, 5.41) is 0. The van der Waals surface area contributed by atoms with Crippen molar-refractivity contribution < 1.29 is 4.74 Å². The molecule has 90 valence electrons. The first-order chi connectivity index (χ1) is 7.53. The van der Waals surface area contributed by atoms with Crippen LogP contribution in [0.5, 0.6) is 0 Å². The highest BCUT2D eigenvalue weighted by atomic mass is 16.5. The third-order valence-corrected chi connectivity index (χ3v) is 2.92. The summed E-state index contributed by atoms with van der Waals surface area (Å²) in [4.78, 5) is 3.99. The summed E-state index contributed by atoms with van der Waals surface area (Å²) in [6, 6.07) is 4.22. The van der Waals surface area contributed by atoms with Crippen LogP contribution in [0.25, 0.3) is 0 Å². The van der Waals surface area contributed by atoms with Gasteiger partial charge in [-0.1, -0.05) is 0 Å². The fourth-order valence-corrected chi connectivity index (χ4v) is 1.56. The van der Waals surface area contributed by atoms with Gasteiger partial charge >= 0.3 is 0 Å². The minimum atomic E-state index is -0.0735. The molecule has 1 heterocycles. The Hall–Kier alpha value is -0.930. The van der Waals surface area contributed by atoms with Gasteiger partial charge in [0.2, 0.25) is 0 Å². The summed E-state index contributed by atoms with van der Waals surface area (Å²) in [6.07, 6.45) is 6.48. The second kappa shape index (κ2) is 5.97. The molecule has 1 unspecified atom stereocenters. The summed E-state index contributed by atoms with van der Waals surface area (Å²) in [7, 11) is 1.74. The van der Waals surface area contributed by atoms with Crippen LogP contribution in [-0.4, -0.2) is 23.7 Å². The Morgan fingerprint density at radius 2 is 2.00 bits per heavy atom. The molecule has 3 heteroatoms. The monoisotopic (exact) mass is 222 g/mol. The van der Waals surface area contributed by atoms with E-state index < -0.39 is 0 Å². The smallest absolute Gasteiger partial charge is 0.0623 e. The third kappa shape index (κ3) is 4.73. The molecule has 0 fully saturated rings. The zero-order valence-corrected chi connectivity index (χ0v) is 10.4. The average molecular weight is 222 g/mol. The molecule has 0 aliphatic heterocycles. The summed E-state index contributed by atoms with van der Waals surface area (Å²) < 4.78 is 5.37. The van der Waals surface area contributed by atoms with Gasteiger partial charge in [-0.3, -0.25) is 4.98 Å². The maximum absolute atomic E-state index is 6.09. The molecule has 0 saturated heterocycles. The van der Waals surface area contributed by atoms with E-state index in [1.54, 1.807) is 19.5 Å². The Kier molecular flexibility index (Phi) is 4.90. The van der Waals surface area contributed by atoms with E-state index in [4.69, 9.17) is 10.5 Å². The summed E-state index contributed by atoms with van der Waals surface area (Å²) in [6.45, 7) is 4.18. The molecule has 1 rings (SSSR count). The molecular formula is C13H22N2O. The van der Waals surface area contributed by atoms with Crippen LogP contribution in [0.4, 0.5) is 0 Å². The van der Waals surface area contributed by atoms with Crippen LogP contribution in [0.3, 0.4) is 0 Å². The SMILES string of the molecule is COC(C)(C)CCC(N)Cc1ccncc1. The van der Waals surface area contributed by atoms with Crippen molar-refractivity contribution in [2.45, 2.75) is 44.8 Å². The second-order valence-corrected chi connectivity index (χ2v) is 4.82. The Labute approximate surface area is 98.0 Å². The largest absolute Gasteiger partial charge is 0.379 e. The number of pyridine rings is 1. The van der Waals surface area contributed by atoms with Gasteiger partial charge in [0.25, 0.3) is 0 Å². The number of nitrogens with two attached hydrogens (primary N) is 1. The Morgan fingerprint density at radius 3 is 2.56 bits per heavy atom. The molecular weight excluding hydrogens is 200 g/mol. The first-order valence-corrected chi connectivity index (χ1v) is 5.73. The van der Waals surface area contributed by atoms with Crippen molar-refractivity contribution in [3.8, 4) is 0 Å². The van der Waals surface area contributed by atoms with Crippen molar-refractivity contribution in [2.24, 2.45) is 5.73 Å². The van der Waals surface area contributed by atoms with Gasteiger partial charge in [-0.25, -0.2) is 0 Å². The molecule has 3 nitrogen and oxygen atoms in total. The Bertz CT molecular complexity index is 298. The lowest BCUT2D eigenvalue weighted by molar-refractivity contribution is 0.0125. The van der Waals surface area contributed by atoms with E-state index >= 15 is 0 Å². The molecule has 0 radical (unpaired) electrons. The molecule has 1 aromatic heterocycles. The van der Waals surface area contributed by atoms with Crippen molar-refractivity contribution in [1.82, 2.24) is 4.98 Å². The Balaban J connectivity index is 2.34. The van der Waals surface area contributed by atoms with Crippen LogP contribution in [0.2, 0.25) is 0 Å². The number of nitrogens with zero attached hydrogens (tertiary/aromatic N) is 1. The number of rotatable bonds is 6. The summed E-state index contributed by atoms with van der Waals surface area (Å²) in [5.41, 5.74) is 7.27. The molecule has 0 aromatic carbocycles. The van der Waals surface area contributed by atoms with Crippen molar-refractivity contribution in [1.29, 1.82) is 0 Å². The van der Waals surface area contributed by atoms with Gasteiger partial charge in [0.1, 0.15) is 0 Å². The van der Waals surface area contributed by atoms with E-state index in [-0.39, 0.29) is 11.6 Å². The molecule has 0 aliphatic rings. The maximum Gasteiger partial charge on any atom is 0.0623 e. The lowest BCUT2D eigenvalue weighted by Crippen LogP contribution is -2.29. The first kappa shape index (κ1) is 13.1. The number of methoxy groups -OCH3 is 1. The highest BCUT2D eigenvalue weighted by molar-refractivity contribution is 5.11. The van der Waals surface area contributed by atoms with Crippen LogP contribution in [0.1, 0.15) is 32.3 Å². The number of hydrogen-bond acceptors (Lipinski definition) is 3. The van der Waals surface area contributed by atoms with E-state index in [0.29, 0.717) is 0 Å². The van der Waals surface area contributed by atoms with Gasteiger partial charge in [0.05, 0.1) is 5.60 Å². The van der Waals surface area contributed by atoms with Crippen LogP contribution in [0, 0.1) is 0 Å². The van der Waals surface area contributed by atoms with Crippen molar-refractivity contribution in [2.75, 3.05) is 7.11 Å². The third-order valence-electron chi connectivity index (χ3n) is 2.92. The Morgan fingerprint density at radius 1 is 1.38 bits per heavy atom. The van der Waals surface area contributed by atoms with Crippen LogP contribution in [0.15, 0.2) is 24.5 Å². The zero-order valence-electron chi connectivity index (χ0n) is 10.4. The highest BCUT2D eigenvalue weighted by Gasteiger charge is 2.17. The minimum Gasteiger partial charge on any atom is -0.379 e. The predicted molar refractivity (Wildman–Crippen MR) is 66.2 cm³/mol. The molecule has 0 amide bonds. The molecule has 0 bridgehead atoms. The molecule has 1 atom stereocenters. The normalized spacial score (nSPS) is 13.8. The second-order valence-electron chi connectivity index (χ2n) is 4.82. The topological polar surface area (TPSA) is 48.1 Å². The van der Waals surface area contributed by atoms with E-state index in [9.17, 15) is 0 Å². The van der Waals surface area contributed by atoms with Gasteiger partial charge < -0.3 is 10.5 Å². The molecule has 0 spiro atoms. The number of hydrogen-bond donors (Lipinski definition) is 1. The van der Waals surface area contributed by atoms with Crippen LogP contribution >= 0.6 is 0 Å². The fraction of sp³-hybridized carbons (Fsp3) is 0.615. The van der Waals surface area contributed by atoms with Gasteiger partial charge in [0, 0.05) is 25.5 Å². The zero-order chi connectivity index (χ0) is 12.0. The minimum absolute atomic E-state index is 0.0735. The lowest BCUT2D eigenvalue weighted by Gasteiger charge is -2.24. The molecule has 0 aliphatic carbocycles. The van der Waals surface area contributed by atoms with E-state index in [1.807, 2.05) is 12.1 Å². The van der Waals surface area contributed by atoms with Crippen LogP contribution < -0.4 is 5.73 Å². The quantitative estimate of drug-likeness (QED) is 0.802. The number of aromatic nitrogens is 1. The standard InChI is InChI=1S/C13H22N2O/c1-13(2,16-3)7-4-12(14)10-11-5-8-15-9-6-11/h5-6,8-9,12H,4,7,10,14H2,1-3H3. The summed E-state index contributed by atoms with van der Waals surface area (Å²) >= 11 is 0.